The van der Waals surface area contributed by atoms with Gasteiger partial charge < -0.3 is 10.1 Å². The molecule has 2 fully saturated rings. The van der Waals surface area contributed by atoms with Crippen LogP contribution in [0.3, 0.4) is 0 Å². The van der Waals surface area contributed by atoms with E-state index in [9.17, 15) is 4.79 Å². The Bertz CT molecular complexity index is 256. The molecule has 0 aromatic heterocycles. The van der Waals surface area contributed by atoms with Crippen molar-refractivity contribution in [2.75, 3.05) is 19.8 Å². The Balaban J connectivity index is 1.74. The summed E-state index contributed by atoms with van der Waals surface area (Å²) in [6, 6.07) is 0. The molecule has 3 nitrogen and oxygen atoms in total. The van der Waals surface area contributed by atoms with Crippen LogP contribution in [0.15, 0.2) is 0 Å². The molecule has 1 aliphatic carbocycles. The van der Waals surface area contributed by atoms with Crippen molar-refractivity contribution in [3.63, 3.8) is 0 Å². The zero-order chi connectivity index (χ0) is 10.4. The van der Waals surface area contributed by atoms with Crippen molar-refractivity contribution >= 4 is 5.91 Å². The van der Waals surface area contributed by atoms with Gasteiger partial charge in [-0.3, -0.25) is 4.79 Å². The van der Waals surface area contributed by atoms with Crippen LogP contribution in [0.4, 0.5) is 0 Å². The van der Waals surface area contributed by atoms with E-state index in [1.165, 1.54) is 0 Å². The maximum atomic E-state index is 11.7. The lowest BCUT2D eigenvalue weighted by atomic mass is 9.88. The maximum Gasteiger partial charge on any atom is 0.223 e. The molecule has 0 bridgehead atoms. The van der Waals surface area contributed by atoms with Gasteiger partial charge in [-0.2, -0.15) is 0 Å². The highest BCUT2D eigenvalue weighted by Crippen LogP contribution is 2.51. The highest BCUT2D eigenvalue weighted by atomic mass is 16.5. The molecule has 1 saturated carbocycles. The molecular weight excluding hydrogens is 178 g/mol. The predicted octanol–water partition coefficient (Wildman–Crippen LogP) is 1.19. The Morgan fingerprint density at radius 3 is 2.36 bits per heavy atom. The van der Waals surface area contributed by atoms with Gasteiger partial charge in [-0.1, -0.05) is 20.8 Å². The van der Waals surface area contributed by atoms with Gasteiger partial charge in [0.05, 0.1) is 13.2 Å². The molecule has 1 unspecified atom stereocenters. The van der Waals surface area contributed by atoms with Crippen molar-refractivity contribution in [2.24, 2.45) is 16.7 Å². The number of hydrogen-bond acceptors (Lipinski definition) is 2. The molecule has 0 radical (unpaired) electrons. The highest BCUT2D eigenvalue weighted by molar-refractivity contribution is 5.82. The summed E-state index contributed by atoms with van der Waals surface area (Å²) in [6.07, 6.45) is 1.03. The Morgan fingerprint density at radius 1 is 1.43 bits per heavy atom. The minimum atomic E-state index is 0.189. The molecule has 1 atom stereocenters. The second-order valence-corrected chi connectivity index (χ2v) is 5.77. The maximum absolute atomic E-state index is 11.7. The monoisotopic (exact) mass is 197 g/mol. The number of nitrogens with one attached hydrogen (secondary N) is 1. The minimum absolute atomic E-state index is 0.189. The first kappa shape index (κ1) is 9.97. The number of hydrogen-bond donors (Lipinski definition) is 1. The second kappa shape index (κ2) is 2.96. The molecule has 80 valence electrons. The lowest BCUT2D eigenvalue weighted by Gasteiger charge is -2.38. The van der Waals surface area contributed by atoms with E-state index in [-0.39, 0.29) is 22.7 Å². The smallest absolute Gasteiger partial charge is 0.223 e. The van der Waals surface area contributed by atoms with E-state index in [4.69, 9.17) is 4.74 Å². The fourth-order valence-electron chi connectivity index (χ4n) is 1.89. The van der Waals surface area contributed by atoms with Crippen molar-refractivity contribution in [3.8, 4) is 0 Å². The highest BCUT2D eigenvalue weighted by Gasteiger charge is 2.50. The normalized spacial score (nSPS) is 31.8. The van der Waals surface area contributed by atoms with Crippen LogP contribution in [0.2, 0.25) is 0 Å². The Hall–Kier alpha value is -0.570. The lowest BCUT2D eigenvalue weighted by molar-refractivity contribution is -0.128. The van der Waals surface area contributed by atoms with Gasteiger partial charge in [0.2, 0.25) is 5.91 Å². The quantitative estimate of drug-likeness (QED) is 0.738. The van der Waals surface area contributed by atoms with E-state index in [0.29, 0.717) is 0 Å². The topological polar surface area (TPSA) is 38.3 Å². The number of rotatable bonds is 3. The first-order valence-corrected chi connectivity index (χ1v) is 5.28. The second-order valence-electron chi connectivity index (χ2n) is 5.77. The van der Waals surface area contributed by atoms with E-state index < -0.39 is 0 Å². The molecule has 0 aromatic rings. The van der Waals surface area contributed by atoms with E-state index >= 15 is 0 Å². The summed E-state index contributed by atoms with van der Waals surface area (Å²) in [6.45, 7) is 8.76. The zero-order valence-corrected chi connectivity index (χ0v) is 9.22. The van der Waals surface area contributed by atoms with Crippen molar-refractivity contribution in [1.29, 1.82) is 0 Å². The first-order valence-electron chi connectivity index (χ1n) is 5.28. The molecule has 14 heavy (non-hydrogen) atoms. The van der Waals surface area contributed by atoms with Crippen molar-refractivity contribution in [3.05, 3.63) is 0 Å². The van der Waals surface area contributed by atoms with Crippen molar-refractivity contribution in [1.82, 2.24) is 5.32 Å². The summed E-state index contributed by atoms with van der Waals surface area (Å²) in [4.78, 5) is 11.7. The molecule has 1 amide bonds. The number of carbonyl (C=O) groups is 1. The molecule has 1 saturated heterocycles. The largest absolute Gasteiger partial charge is 0.380 e. The summed E-state index contributed by atoms with van der Waals surface area (Å²) in [7, 11) is 0. The Labute approximate surface area is 85.2 Å². The van der Waals surface area contributed by atoms with E-state index in [1.807, 2.05) is 0 Å². The minimum Gasteiger partial charge on any atom is -0.380 e. The van der Waals surface area contributed by atoms with Crippen LogP contribution in [-0.2, 0) is 9.53 Å². The number of carbonyl (C=O) groups excluding carboxylic acids is 1. The number of amides is 1. The molecule has 1 heterocycles. The summed E-state index contributed by atoms with van der Waals surface area (Å²) < 4.78 is 5.14. The first-order chi connectivity index (χ1) is 6.43. The van der Waals surface area contributed by atoms with E-state index in [1.54, 1.807) is 0 Å². The van der Waals surface area contributed by atoms with Gasteiger partial charge in [-0.05, 0) is 11.8 Å². The molecule has 0 spiro atoms. The third-order valence-electron chi connectivity index (χ3n) is 3.42. The van der Waals surface area contributed by atoms with Crippen LogP contribution in [0.1, 0.15) is 27.2 Å². The average molecular weight is 197 g/mol. The average Bonchev–Trinajstić information content (AvgIpc) is 2.68. The van der Waals surface area contributed by atoms with Gasteiger partial charge in [0.1, 0.15) is 0 Å². The van der Waals surface area contributed by atoms with Crippen LogP contribution in [0.25, 0.3) is 0 Å². The fraction of sp³-hybridized carbons (Fsp3) is 0.909. The van der Waals surface area contributed by atoms with Gasteiger partial charge in [-0.25, -0.2) is 0 Å². The van der Waals surface area contributed by atoms with Crippen LogP contribution in [-0.4, -0.2) is 25.7 Å². The zero-order valence-electron chi connectivity index (χ0n) is 9.22. The molecule has 0 aromatic carbocycles. The predicted molar refractivity (Wildman–Crippen MR) is 53.8 cm³/mol. The molecule has 2 aliphatic rings. The lowest BCUT2D eigenvalue weighted by Crippen LogP contribution is -2.49. The summed E-state index contributed by atoms with van der Waals surface area (Å²) in [5, 5.41) is 3.02. The molecule has 3 heteroatoms. The van der Waals surface area contributed by atoms with Crippen LogP contribution in [0, 0.1) is 16.7 Å². The fourth-order valence-corrected chi connectivity index (χ4v) is 1.89. The van der Waals surface area contributed by atoms with E-state index in [2.05, 4.69) is 26.1 Å². The van der Waals surface area contributed by atoms with Gasteiger partial charge in [0.25, 0.3) is 0 Å². The molecule has 1 aliphatic heterocycles. The van der Waals surface area contributed by atoms with Crippen LogP contribution in [0.5, 0.6) is 0 Å². The molecule has 2 rings (SSSR count). The van der Waals surface area contributed by atoms with Gasteiger partial charge in [0.15, 0.2) is 0 Å². The number of ether oxygens (including phenoxy) is 1. The SMILES string of the molecule is CC1(CNC(=O)C2CC2(C)C)COC1. The Kier molecular flexibility index (Phi) is 2.11. The molecule has 1 N–H and O–H groups in total. The van der Waals surface area contributed by atoms with Gasteiger partial charge in [0, 0.05) is 17.9 Å². The van der Waals surface area contributed by atoms with Crippen LogP contribution < -0.4 is 5.32 Å². The standard InChI is InChI=1S/C11H19NO2/c1-10(2)4-8(10)9(13)12-5-11(3)6-14-7-11/h8H,4-7H2,1-3H3,(H,12,13). The van der Waals surface area contributed by atoms with Crippen molar-refractivity contribution < 1.29 is 9.53 Å². The third-order valence-corrected chi connectivity index (χ3v) is 3.42. The molecular formula is C11H19NO2. The van der Waals surface area contributed by atoms with E-state index in [0.717, 1.165) is 26.2 Å². The summed E-state index contributed by atoms with van der Waals surface area (Å²) >= 11 is 0. The summed E-state index contributed by atoms with van der Waals surface area (Å²) in [5.41, 5.74) is 0.426. The summed E-state index contributed by atoms with van der Waals surface area (Å²) in [5.74, 6) is 0.468. The van der Waals surface area contributed by atoms with Crippen LogP contribution >= 0.6 is 0 Å². The van der Waals surface area contributed by atoms with Gasteiger partial charge >= 0.3 is 0 Å². The van der Waals surface area contributed by atoms with Crippen molar-refractivity contribution in [2.45, 2.75) is 27.2 Å². The Morgan fingerprint density at radius 2 is 2.00 bits per heavy atom. The van der Waals surface area contributed by atoms with Gasteiger partial charge in [-0.15, -0.1) is 0 Å². The third kappa shape index (κ3) is 1.78.